The molecule has 14 heavy (non-hydrogen) atoms. The third-order valence-electron chi connectivity index (χ3n) is 3.37. The van der Waals surface area contributed by atoms with Crippen molar-refractivity contribution in [2.75, 3.05) is 0 Å². The Labute approximate surface area is 90.1 Å². The normalized spacial score (nSPS) is 32.2. The van der Waals surface area contributed by atoms with E-state index in [0.717, 1.165) is 10.9 Å². The third kappa shape index (κ3) is 0.989. The van der Waals surface area contributed by atoms with Gasteiger partial charge in [-0.15, -0.1) is 0 Å². The van der Waals surface area contributed by atoms with Crippen molar-refractivity contribution >= 4 is 21.9 Å². The molecule has 2 nitrogen and oxygen atoms in total. The summed E-state index contributed by atoms with van der Waals surface area (Å²) in [5.41, 5.74) is 2.58. The van der Waals surface area contributed by atoms with Crippen molar-refractivity contribution in [1.82, 2.24) is 0 Å². The van der Waals surface area contributed by atoms with E-state index in [2.05, 4.69) is 28.1 Å². The molecule has 3 atom stereocenters. The molecule has 1 aromatic rings. The quantitative estimate of drug-likeness (QED) is 0.834. The van der Waals surface area contributed by atoms with Gasteiger partial charge in [-0.05, 0) is 35.6 Å². The van der Waals surface area contributed by atoms with Crippen LogP contribution in [0, 0.1) is 11.8 Å². The lowest BCUT2D eigenvalue weighted by atomic mass is 10.0. The first-order valence-electron chi connectivity index (χ1n) is 4.69. The first-order chi connectivity index (χ1) is 6.68. The number of carboxylic acids is 1. The number of benzene rings is 1. The van der Waals surface area contributed by atoms with E-state index >= 15 is 0 Å². The van der Waals surface area contributed by atoms with Crippen LogP contribution in [0.15, 0.2) is 22.7 Å². The second-order valence-corrected chi connectivity index (χ2v) is 5.02. The predicted octanol–water partition coefficient (Wildman–Crippen LogP) is 2.42. The molecule has 1 fully saturated rings. The van der Waals surface area contributed by atoms with Crippen LogP contribution in [-0.4, -0.2) is 11.1 Å². The SMILES string of the molecule is O=C(O)C1[C@H]2Cc3cc(Br)ccc3[C@@H]12. The van der Waals surface area contributed by atoms with E-state index in [9.17, 15) is 4.79 Å². The molecule has 0 aromatic heterocycles. The van der Waals surface area contributed by atoms with Gasteiger partial charge in [0.25, 0.3) is 0 Å². The lowest BCUT2D eigenvalue weighted by Gasteiger charge is -2.04. The number of fused-ring (bicyclic) bond motifs is 3. The summed E-state index contributed by atoms with van der Waals surface area (Å²) in [4.78, 5) is 10.8. The molecule has 2 aliphatic rings. The number of hydrogen-bond acceptors (Lipinski definition) is 1. The summed E-state index contributed by atoms with van der Waals surface area (Å²) in [5, 5.41) is 8.93. The highest BCUT2D eigenvalue weighted by molar-refractivity contribution is 9.10. The Kier molecular flexibility index (Phi) is 1.57. The molecule has 0 aliphatic heterocycles. The van der Waals surface area contributed by atoms with Gasteiger partial charge in [0.15, 0.2) is 0 Å². The van der Waals surface area contributed by atoms with Crippen LogP contribution >= 0.6 is 15.9 Å². The van der Waals surface area contributed by atoms with Gasteiger partial charge in [0.1, 0.15) is 0 Å². The average molecular weight is 253 g/mol. The van der Waals surface area contributed by atoms with E-state index < -0.39 is 5.97 Å². The number of halogens is 1. The first kappa shape index (κ1) is 8.48. The Morgan fingerprint density at radius 2 is 2.29 bits per heavy atom. The van der Waals surface area contributed by atoms with Gasteiger partial charge in [0.05, 0.1) is 5.92 Å². The number of carboxylic acid groups (broad SMARTS) is 1. The molecule has 2 aliphatic carbocycles. The average Bonchev–Trinajstić information content (AvgIpc) is 2.70. The summed E-state index contributed by atoms with van der Waals surface area (Å²) in [6, 6.07) is 6.17. The number of rotatable bonds is 1. The summed E-state index contributed by atoms with van der Waals surface area (Å²) in [6.45, 7) is 0. The highest BCUT2D eigenvalue weighted by atomic mass is 79.9. The lowest BCUT2D eigenvalue weighted by molar-refractivity contribution is -0.139. The molecule has 0 saturated heterocycles. The fourth-order valence-electron chi connectivity index (χ4n) is 2.72. The first-order valence-corrected chi connectivity index (χ1v) is 5.49. The molecular formula is C11H9BrO2. The lowest BCUT2D eigenvalue weighted by Crippen LogP contribution is -2.04. The molecule has 0 bridgehead atoms. The highest BCUT2D eigenvalue weighted by Crippen LogP contribution is 2.61. The van der Waals surface area contributed by atoms with Crippen LogP contribution in [-0.2, 0) is 11.2 Å². The van der Waals surface area contributed by atoms with Crippen molar-refractivity contribution in [3.63, 3.8) is 0 Å². The van der Waals surface area contributed by atoms with Crippen LogP contribution in [0.2, 0.25) is 0 Å². The van der Waals surface area contributed by atoms with Crippen molar-refractivity contribution in [2.45, 2.75) is 12.3 Å². The minimum absolute atomic E-state index is 0.108. The number of aliphatic carboxylic acids is 1. The Hall–Kier alpha value is -0.830. The summed E-state index contributed by atoms with van der Waals surface area (Å²) >= 11 is 3.43. The summed E-state index contributed by atoms with van der Waals surface area (Å²) in [7, 11) is 0. The van der Waals surface area contributed by atoms with Crippen molar-refractivity contribution < 1.29 is 9.90 Å². The van der Waals surface area contributed by atoms with Crippen molar-refractivity contribution in [2.24, 2.45) is 11.8 Å². The van der Waals surface area contributed by atoms with Crippen LogP contribution in [0.1, 0.15) is 17.0 Å². The van der Waals surface area contributed by atoms with E-state index in [1.54, 1.807) is 0 Å². The van der Waals surface area contributed by atoms with E-state index in [0.29, 0.717) is 11.8 Å². The fraction of sp³-hybridized carbons (Fsp3) is 0.364. The molecule has 3 heteroatoms. The van der Waals surface area contributed by atoms with Gasteiger partial charge in [-0.25, -0.2) is 0 Å². The van der Waals surface area contributed by atoms with E-state index in [4.69, 9.17) is 5.11 Å². The fourth-order valence-corrected chi connectivity index (χ4v) is 3.13. The van der Waals surface area contributed by atoms with Crippen LogP contribution in [0.25, 0.3) is 0 Å². The molecule has 1 unspecified atom stereocenters. The molecular weight excluding hydrogens is 244 g/mol. The smallest absolute Gasteiger partial charge is 0.307 e. The molecule has 3 rings (SSSR count). The van der Waals surface area contributed by atoms with Crippen LogP contribution < -0.4 is 0 Å². The van der Waals surface area contributed by atoms with Gasteiger partial charge in [-0.1, -0.05) is 22.0 Å². The van der Waals surface area contributed by atoms with E-state index in [1.807, 2.05) is 6.07 Å². The summed E-state index contributed by atoms with van der Waals surface area (Å²) in [6.07, 6.45) is 0.941. The molecule has 0 amide bonds. The molecule has 0 heterocycles. The summed E-state index contributed by atoms with van der Waals surface area (Å²) < 4.78 is 1.09. The van der Waals surface area contributed by atoms with Gasteiger partial charge in [0, 0.05) is 10.4 Å². The van der Waals surface area contributed by atoms with Gasteiger partial charge < -0.3 is 5.11 Å². The minimum atomic E-state index is -0.631. The zero-order valence-corrected chi connectivity index (χ0v) is 8.99. The Morgan fingerprint density at radius 1 is 1.50 bits per heavy atom. The Balaban J connectivity index is 1.99. The standard InChI is InChI=1S/C11H9BrO2/c12-6-1-2-7-5(3-6)4-8-9(7)10(8)11(13)14/h1-3,8-10H,4H2,(H,13,14)/t8-,9+,10?/m0/s1. The second-order valence-electron chi connectivity index (χ2n) is 4.10. The van der Waals surface area contributed by atoms with Gasteiger partial charge in [-0.2, -0.15) is 0 Å². The number of hydrogen-bond donors (Lipinski definition) is 1. The number of carbonyl (C=O) groups is 1. The molecule has 1 N–H and O–H groups in total. The largest absolute Gasteiger partial charge is 0.481 e. The third-order valence-corrected chi connectivity index (χ3v) is 3.87. The monoisotopic (exact) mass is 252 g/mol. The topological polar surface area (TPSA) is 37.3 Å². The Bertz CT molecular complexity index is 427. The van der Waals surface area contributed by atoms with Gasteiger partial charge >= 0.3 is 5.97 Å². The second kappa shape index (κ2) is 2.60. The van der Waals surface area contributed by atoms with Gasteiger partial charge in [-0.3, -0.25) is 4.79 Å². The molecule has 0 radical (unpaired) electrons. The maximum Gasteiger partial charge on any atom is 0.307 e. The van der Waals surface area contributed by atoms with E-state index in [1.165, 1.54) is 11.1 Å². The van der Waals surface area contributed by atoms with Crippen molar-refractivity contribution in [3.05, 3.63) is 33.8 Å². The van der Waals surface area contributed by atoms with Gasteiger partial charge in [0.2, 0.25) is 0 Å². The summed E-state index contributed by atoms with van der Waals surface area (Å²) in [5.74, 6) is -0.0651. The zero-order chi connectivity index (χ0) is 9.87. The molecule has 1 saturated carbocycles. The Morgan fingerprint density at radius 3 is 3.00 bits per heavy atom. The predicted molar refractivity (Wildman–Crippen MR) is 55.2 cm³/mol. The van der Waals surface area contributed by atoms with Crippen LogP contribution in [0.5, 0.6) is 0 Å². The molecule has 72 valence electrons. The molecule has 0 spiro atoms. The zero-order valence-electron chi connectivity index (χ0n) is 7.40. The van der Waals surface area contributed by atoms with Crippen molar-refractivity contribution in [3.8, 4) is 0 Å². The maximum absolute atomic E-state index is 10.8. The van der Waals surface area contributed by atoms with Crippen molar-refractivity contribution in [1.29, 1.82) is 0 Å². The minimum Gasteiger partial charge on any atom is -0.481 e. The molecule has 1 aromatic carbocycles. The highest BCUT2D eigenvalue weighted by Gasteiger charge is 2.59. The maximum atomic E-state index is 10.8. The van der Waals surface area contributed by atoms with Crippen LogP contribution in [0.3, 0.4) is 0 Å². The van der Waals surface area contributed by atoms with Crippen LogP contribution in [0.4, 0.5) is 0 Å². The van der Waals surface area contributed by atoms with E-state index in [-0.39, 0.29) is 5.92 Å².